The highest BCUT2D eigenvalue weighted by molar-refractivity contribution is 9.10. The second-order valence-electron chi connectivity index (χ2n) is 4.72. The second-order valence-corrected chi connectivity index (χ2v) is 5.51. The lowest BCUT2D eigenvalue weighted by Gasteiger charge is -2.10. The summed E-state index contributed by atoms with van der Waals surface area (Å²) in [6.45, 7) is 7.87. The van der Waals surface area contributed by atoms with E-state index in [4.69, 9.17) is 4.74 Å². The molecule has 0 atom stereocenters. The zero-order valence-electron chi connectivity index (χ0n) is 12.0. The molecule has 4 heteroatoms. The number of aromatic nitrogens is 1. The zero-order chi connectivity index (χ0) is 14.5. The van der Waals surface area contributed by atoms with Gasteiger partial charge in [-0.05, 0) is 49.7 Å². The molecule has 1 N–H and O–H groups in total. The van der Waals surface area contributed by atoms with E-state index < -0.39 is 0 Å². The molecule has 106 valence electrons. The molecule has 0 spiro atoms. The number of hydrogen-bond acceptors (Lipinski definition) is 3. The van der Waals surface area contributed by atoms with Gasteiger partial charge in [-0.25, -0.2) is 4.98 Å². The highest BCUT2D eigenvalue weighted by atomic mass is 79.9. The summed E-state index contributed by atoms with van der Waals surface area (Å²) < 4.78 is 6.98. The average molecular weight is 335 g/mol. The minimum Gasteiger partial charge on any atom is -0.439 e. The third-order valence-electron chi connectivity index (χ3n) is 2.97. The third kappa shape index (κ3) is 3.81. The second kappa shape index (κ2) is 6.86. The number of nitrogens with zero attached hydrogens (tertiary/aromatic N) is 1. The highest BCUT2D eigenvalue weighted by Gasteiger charge is 2.05. The number of hydrogen-bond donors (Lipinski definition) is 1. The summed E-state index contributed by atoms with van der Waals surface area (Å²) in [4.78, 5) is 4.49. The Morgan fingerprint density at radius 2 is 1.90 bits per heavy atom. The van der Waals surface area contributed by atoms with Gasteiger partial charge < -0.3 is 10.1 Å². The van der Waals surface area contributed by atoms with E-state index in [-0.39, 0.29) is 0 Å². The predicted molar refractivity (Wildman–Crippen MR) is 85.3 cm³/mol. The van der Waals surface area contributed by atoms with Gasteiger partial charge in [-0.15, -0.1) is 0 Å². The quantitative estimate of drug-likeness (QED) is 0.881. The van der Waals surface area contributed by atoms with Crippen molar-refractivity contribution in [1.82, 2.24) is 10.3 Å². The summed E-state index contributed by atoms with van der Waals surface area (Å²) in [6, 6.07) is 9.86. The van der Waals surface area contributed by atoms with Crippen LogP contribution in [0.5, 0.6) is 11.6 Å². The van der Waals surface area contributed by atoms with Gasteiger partial charge in [0.1, 0.15) is 5.75 Å². The molecule has 2 aromatic rings. The summed E-state index contributed by atoms with van der Waals surface area (Å²) in [5.74, 6) is 1.44. The van der Waals surface area contributed by atoms with Gasteiger partial charge in [0.05, 0.1) is 5.69 Å². The molecule has 0 amide bonds. The molecule has 0 aliphatic carbocycles. The third-order valence-corrected chi connectivity index (χ3v) is 4.22. The van der Waals surface area contributed by atoms with E-state index in [1.165, 1.54) is 0 Å². The van der Waals surface area contributed by atoms with E-state index in [1.54, 1.807) is 0 Å². The predicted octanol–water partition coefficient (Wildman–Crippen LogP) is 4.36. The summed E-state index contributed by atoms with van der Waals surface area (Å²) in [7, 11) is 0. The molecule has 0 aliphatic heterocycles. The van der Waals surface area contributed by atoms with Crippen molar-refractivity contribution in [3.8, 4) is 11.6 Å². The Hall–Kier alpha value is -1.39. The van der Waals surface area contributed by atoms with Crippen LogP contribution in [-0.2, 0) is 6.54 Å². The number of nitrogens with one attached hydrogen (secondary N) is 1. The first-order valence-corrected chi connectivity index (χ1v) is 7.50. The Labute approximate surface area is 128 Å². The van der Waals surface area contributed by atoms with Crippen LogP contribution in [0.15, 0.2) is 34.8 Å². The topological polar surface area (TPSA) is 34.1 Å². The SMILES string of the molecule is CCNCc1cccc(Oc2cc(C)c(Br)c(C)c2)n1. The molecule has 3 nitrogen and oxygen atoms in total. The van der Waals surface area contributed by atoms with Crippen molar-refractivity contribution in [2.24, 2.45) is 0 Å². The standard InChI is InChI=1S/C16H19BrN2O/c1-4-18-10-13-6-5-7-15(19-13)20-14-8-11(2)16(17)12(3)9-14/h5-9,18H,4,10H2,1-3H3. The first-order valence-electron chi connectivity index (χ1n) is 6.71. The van der Waals surface area contributed by atoms with E-state index in [1.807, 2.05) is 30.3 Å². The van der Waals surface area contributed by atoms with Crippen LogP contribution in [0, 0.1) is 13.8 Å². The van der Waals surface area contributed by atoms with Gasteiger partial charge in [0, 0.05) is 17.1 Å². The van der Waals surface area contributed by atoms with Crippen molar-refractivity contribution in [1.29, 1.82) is 0 Å². The Balaban J connectivity index is 2.17. The van der Waals surface area contributed by atoms with Crippen LogP contribution in [-0.4, -0.2) is 11.5 Å². The first-order chi connectivity index (χ1) is 9.60. The summed E-state index contributed by atoms with van der Waals surface area (Å²) in [5, 5.41) is 3.26. The lowest BCUT2D eigenvalue weighted by Crippen LogP contribution is -2.12. The van der Waals surface area contributed by atoms with Crippen LogP contribution < -0.4 is 10.1 Å². The molecule has 0 radical (unpaired) electrons. The van der Waals surface area contributed by atoms with E-state index in [0.717, 1.165) is 40.1 Å². The summed E-state index contributed by atoms with van der Waals surface area (Å²) in [6.07, 6.45) is 0. The van der Waals surface area contributed by atoms with Crippen LogP contribution in [0.3, 0.4) is 0 Å². The van der Waals surface area contributed by atoms with Crippen molar-refractivity contribution in [3.05, 3.63) is 51.6 Å². The Morgan fingerprint density at radius 3 is 2.55 bits per heavy atom. The average Bonchev–Trinajstić information content (AvgIpc) is 2.43. The molecule has 0 saturated carbocycles. The molecule has 0 fully saturated rings. The summed E-state index contributed by atoms with van der Waals surface area (Å²) in [5.41, 5.74) is 3.29. The molecule has 1 aromatic carbocycles. The maximum atomic E-state index is 5.86. The van der Waals surface area contributed by atoms with E-state index >= 15 is 0 Å². The fourth-order valence-electron chi connectivity index (χ4n) is 1.95. The van der Waals surface area contributed by atoms with Gasteiger partial charge >= 0.3 is 0 Å². The molecule has 0 unspecified atom stereocenters. The van der Waals surface area contributed by atoms with Gasteiger partial charge in [-0.1, -0.05) is 28.9 Å². The maximum absolute atomic E-state index is 5.86. The van der Waals surface area contributed by atoms with Crippen molar-refractivity contribution in [2.45, 2.75) is 27.3 Å². The van der Waals surface area contributed by atoms with Crippen LogP contribution >= 0.6 is 15.9 Å². The van der Waals surface area contributed by atoms with Gasteiger partial charge in [-0.2, -0.15) is 0 Å². The zero-order valence-corrected chi connectivity index (χ0v) is 13.6. The van der Waals surface area contributed by atoms with Gasteiger partial charge in [0.15, 0.2) is 0 Å². The molecule has 1 heterocycles. The van der Waals surface area contributed by atoms with Crippen LogP contribution in [0.4, 0.5) is 0 Å². The molecule has 1 aromatic heterocycles. The fraction of sp³-hybridized carbons (Fsp3) is 0.312. The highest BCUT2D eigenvalue weighted by Crippen LogP contribution is 2.28. The van der Waals surface area contributed by atoms with Crippen LogP contribution in [0.2, 0.25) is 0 Å². The Kier molecular flexibility index (Phi) is 5.15. The molecule has 2 rings (SSSR count). The van der Waals surface area contributed by atoms with Gasteiger partial charge in [0.25, 0.3) is 0 Å². The van der Waals surface area contributed by atoms with Crippen LogP contribution in [0.1, 0.15) is 23.7 Å². The van der Waals surface area contributed by atoms with Crippen molar-refractivity contribution in [2.75, 3.05) is 6.54 Å². The minimum absolute atomic E-state index is 0.626. The van der Waals surface area contributed by atoms with Crippen molar-refractivity contribution >= 4 is 15.9 Å². The number of halogens is 1. The molecule has 0 aliphatic rings. The van der Waals surface area contributed by atoms with Crippen molar-refractivity contribution < 1.29 is 4.74 Å². The van der Waals surface area contributed by atoms with Gasteiger partial charge in [0.2, 0.25) is 5.88 Å². The van der Waals surface area contributed by atoms with Gasteiger partial charge in [-0.3, -0.25) is 0 Å². The number of rotatable bonds is 5. The monoisotopic (exact) mass is 334 g/mol. The largest absolute Gasteiger partial charge is 0.439 e. The van der Waals surface area contributed by atoms with Crippen LogP contribution in [0.25, 0.3) is 0 Å². The Bertz CT molecular complexity index is 576. The molecule has 20 heavy (non-hydrogen) atoms. The lowest BCUT2D eigenvalue weighted by atomic mass is 10.1. The number of ether oxygens (including phenoxy) is 1. The molecular formula is C16H19BrN2O. The normalized spacial score (nSPS) is 10.6. The van der Waals surface area contributed by atoms with E-state index in [0.29, 0.717) is 5.88 Å². The Morgan fingerprint density at radius 1 is 1.20 bits per heavy atom. The number of aryl methyl sites for hydroxylation is 2. The smallest absolute Gasteiger partial charge is 0.219 e. The number of pyridine rings is 1. The van der Waals surface area contributed by atoms with Crippen molar-refractivity contribution in [3.63, 3.8) is 0 Å². The van der Waals surface area contributed by atoms with E-state index in [2.05, 4.69) is 47.0 Å². The summed E-state index contributed by atoms with van der Waals surface area (Å²) >= 11 is 3.56. The maximum Gasteiger partial charge on any atom is 0.219 e. The molecule has 0 bridgehead atoms. The fourth-order valence-corrected chi connectivity index (χ4v) is 2.18. The first kappa shape index (κ1) is 15.0. The lowest BCUT2D eigenvalue weighted by molar-refractivity contribution is 0.459. The molecule has 0 saturated heterocycles. The number of benzene rings is 1. The minimum atomic E-state index is 0.626. The molecular weight excluding hydrogens is 316 g/mol. The van der Waals surface area contributed by atoms with E-state index in [9.17, 15) is 0 Å².